The summed E-state index contributed by atoms with van der Waals surface area (Å²) in [5, 5.41) is 57.2. The molecule has 84 heavy (non-hydrogen) atoms. The number of hydrogen-bond donors (Lipinski definition) is 6. The van der Waals surface area contributed by atoms with E-state index in [1.165, 1.54) is 135 Å². The van der Waals surface area contributed by atoms with Crippen LogP contribution in [0.4, 0.5) is 0 Å². The van der Waals surface area contributed by atoms with Gasteiger partial charge < -0.3 is 45.1 Å². The van der Waals surface area contributed by atoms with Crippen LogP contribution in [-0.4, -0.2) is 99.6 Å². The Morgan fingerprint density at radius 3 is 1.25 bits per heavy atom. The minimum Gasteiger partial charge on any atom is -0.454 e. The van der Waals surface area contributed by atoms with Crippen LogP contribution in [0, 0.1) is 0 Å². The van der Waals surface area contributed by atoms with Crippen molar-refractivity contribution in [1.82, 2.24) is 5.32 Å². The molecule has 1 rings (SSSR count). The average molecular weight is 1180 g/mol. The van der Waals surface area contributed by atoms with E-state index in [1.54, 1.807) is 6.08 Å². The minimum atomic E-state index is -1.62. The number of unbranched alkanes of at least 4 members (excludes halogenated alkanes) is 30. The summed E-state index contributed by atoms with van der Waals surface area (Å²) in [7, 11) is 0. The molecule has 1 amide bonds. The number of amides is 1. The normalized spacial score (nSPS) is 19.1. The molecule has 0 radical (unpaired) electrons. The molecule has 1 aliphatic rings. The molecule has 0 spiro atoms. The lowest BCUT2D eigenvalue weighted by atomic mass is 9.99. The number of ether oxygens (including phenoxy) is 3. The van der Waals surface area contributed by atoms with Gasteiger partial charge in [0.15, 0.2) is 12.4 Å². The lowest BCUT2D eigenvalue weighted by molar-refractivity contribution is -0.305. The summed E-state index contributed by atoms with van der Waals surface area (Å²) in [4.78, 5) is 26.7. The van der Waals surface area contributed by atoms with E-state index in [2.05, 4.69) is 111 Å². The number of aliphatic hydroxyl groups excluding tert-OH is 5. The molecule has 0 aromatic carbocycles. The van der Waals surface area contributed by atoms with Crippen LogP contribution in [0.5, 0.6) is 0 Å². The van der Waals surface area contributed by atoms with Crippen LogP contribution in [0.1, 0.15) is 290 Å². The zero-order valence-corrected chi connectivity index (χ0v) is 53.7. The summed E-state index contributed by atoms with van der Waals surface area (Å²) in [6.07, 6.45) is 70.0. The van der Waals surface area contributed by atoms with Crippen LogP contribution in [0.3, 0.4) is 0 Å². The predicted molar refractivity (Wildman–Crippen MR) is 352 cm³/mol. The summed E-state index contributed by atoms with van der Waals surface area (Å²) in [6.45, 7) is 5.73. The first kappa shape index (κ1) is 78.6. The highest BCUT2D eigenvalue weighted by molar-refractivity contribution is 5.80. The van der Waals surface area contributed by atoms with Gasteiger partial charge in [0.25, 0.3) is 0 Å². The Morgan fingerprint density at radius 2 is 0.821 bits per heavy atom. The molecule has 1 fully saturated rings. The smallest absolute Gasteiger partial charge is 0.306 e. The molecule has 1 heterocycles. The van der Waals surface area contributed by atoms with Crippen molar-refractivity contribution in [2.75, 3.05) is 13.2 Å². The van der Waals surface area contributed by atoms with E-state index >= 15 is 0 Å². The van der Waals surface area contributed by atoms with Gasteiger partial charge in [-0.3, -0.25) is 9.59 Å². The molecule has 11 heteroatoms. The predicted octanol–water partition coefficient (Wildman–Crippen LogP) is 17.5. The highest BCUT2D eigenvalue weighted by Gasteiger charge is 2.47. The third kappa shape index (κ3) is 46.8. The Labute approximate surface area is 514 Å². The second-order valence-electron chi connectivity index (χ2n) is 23.6. The van der Waals surface area contributed by atoms with Crippen molar-refractivity contribution in [2.24, 2.45) is 0 Å². The second kappa shape index (κ2) is 59.9. The summed E-state index contributed by atoms with van der Waals surface area (Å²) < 4.78 is 17.7. The van der Waals surface area contributed by atoms with Crippen LogP contribution in [0.15, 0.2) is 97.2 Å². The Morgan fingerprint density at radius 1 is 0.464 bits per heavy atom. The van der Waals surface area contributed by atoms with E-state index in [9.17, 15) is 35.1 Å². The van der Waals surface area contributed by atoms with Crippen LogP contribution in [0.2, 0.25) is 0 Å². The Kier molecular flexibility index (Phi) is 56.0. The van der Waals surface area contributed by atoms with Crippen LogP contribution >= 0.6 is 0 Å². The SMILES string of the molecule is CCCCC/C=C\C/C=C\C/C=C\C/C=C\CCCCCCC(O)C(=O)NC(COC1OC(CO)C(O)C(O)C1OC(=O)CCCCCCCCCCCC/C=C\C/C=C\C/C=C\CCCCC)C(O)/C=C/CCCCCCCCCCCC. The van der Waals surface area contributed by atoms with Crippen LogP contribution in [-0.2, 0) is 23.8 Å². The number of carbonyl (C=O) groups excluding carboxylic acids is 2. The first-order chi connectivity index (χ1) is 41.2. The highest BCUT2D eigenvalue weighted by Crippen LogP contribution is 2.26. The summed E-state index contributed by atoms with van der Waals surface area (Å²) in [5.41, 5.74) is 0. The Hall–Kier alpha value is -3.42. The maximum Gasteiger partial charge on any atom is 0.306 e. The average Bonchev–Trinajstić information content (AvgIpc) is 3.52. The van der Waals surface area contributed by atoms with E-state index in [4.69, 9.17) is 14.2 Å². The van der Waals surface area contributed by atoms with E-state index in [0.29, 0.717) is 12.8 Å². The number of nitrogens with one attached hydrogen (secondary N) is 1. The maximum absolute atomic E-state index is 13.5. The fraction of sp³-hybridized carbons (Fsp3) is 0.753. The van der Waals surface area contributed by atoms with E-state index in [-0.39, 0.29) is 19.4 Å². The van der Waals surface area contributed by atoms with Crippen LogP contribution in [0.25, 0.3) is 0 Å². The van der Waals surface area contributed by atoms with Gasteiger partial charge >= 0.3 is 5.97 Å². The molecule has 0 aromatic rings. The molecule has 0 aliphatic carbocycles. The van der Waals surface area contributed by atoms with Crippen molar-refractivity contribution in [3.05, 3.63) is 97.2 Å². The number of allylic oxidation sites excluding steroid dienone is 15. The molecule has 0 saturated carbocycles. The monoisotopic (exact) mass is 1180 g/mol. The van der Waals surface area contributed by atoms with E-state index in [1.807, 2.05) is 6.08 Å². The molecule has 0 aromatic heterocycles. The van der Waals surface area contributed by atoms with Crippen molar-refractivity contribution >= 4 is 11.9 Å². The van der Waals surface area contributed by atoms with Gasteiger partial charge in [-0.15, -0.1) is 0 Å². The number of esters is 1. The van der Waals surface area contributed by atoms with Gasteiger partial charge in [-0.25, -0.2) is 0 Å². The van der Waals surface area contributed by atoms with Crippen molar-refractivity contribution < 1.29 is 49.3 Å². The Balaban J connectivity index is 2.63. The van der Waals surface area contributed by atoms with Gasteiger partial charge in [0.1, 0.15) is 24.4 Å². The number of hydrogen-bond acceptors (Lipinski definition) is 10. The quantitative estimate of drug-likeness (QED) is 0.0195. The standard InChI is InChI=1S/C73H127NO10/c1-4-7-10-13-16-19-22-25-27-29-31-33-34-35-37-39-41-43-46-49-52-55-58-61-68(78)84-71-70(80)69(79)67(62-75)83-73(71)82-63-64(65(76)59-56-53-50-47-44-24-21-18-15-12-9-6-3)74-72(81)66(77)60-57-54-51-48-45-42-40-38-36-32-30-28-26-23-20-17-14-11-8-5-2/h16-17,19-20,25-28,31-33,36,40,42,56,59,64-67,69-71,73,75-77,79-80H,4-15,18,21-24,29-30,34-35,37-39,41,43-55,57-58,60-63H2,1-3H3,(H,74,81)/b19-16-,20-17-,27-25-,28-26-,33-31-,36-32-,42-40-,59-56+. The molecule has 484 valence electrons. The van der Waals surface area contributed by atoms with Gasteiger partial charge in [-0.2, -0.15) is 0 Å². The summed E-state index contributed by atoms with van der Waals surface area (Å²) in [6, 6.07) is -1.04. The fourth-order valence-corrected chi connectivity index (χ4v) is 10.2. The topological polar surface area (TPSA) is 175 Å². The molecule has 0 bridgehead atoms. The lowest BCUT2D eigenvalue weighted by Gasteiger charge is -2.41. The zero-order chi connectivity index (χ0) is 61.0. The van der Waals surface area contributed by atoms with Gasteiger partial charge in [-0.1, -0.05) is 272 Å². The molecular formula is C73H127NO10. The van der Waals surface area contributed by atoms with E-state index < -0.39 is 67.4 Å². The van der Waals surface area contributed by atoms with Crippen molar-refractivity contribution in [2.45, 2.75) is 339 Å². The lowest BCUT2D eigenvalue weighted by Crippen LogP contribution is -2.61. The van der Waals surface area contributed by atoms with Gasteiger partial charge in [0, 0.05) is 6.42 Å². The maximum atomic E-state index is 13.5. The van der Waals surface area contributed by atoms with E-state index in [0.717, 1.165) is 109 Å². The third-order valence-corrected chi connectivity index (χ3v) is 15.7. The molecule has 8 unspecified atom stereocenters. The van der Waals surface area contributed by atoms with Gasteiger partial charge in [0.05, 0.1) is 25.4 Å². The highest BCUT2D eigenvalue weighted by atomic mass is 16.7. The molecule has 1 aliphatic heterocycles. The molecule has 8 atom stereocenters. The number of aliphatic hydroxyl groups is 5. The Bertz CT molecular complexity index is 1740. The molecule has 11 nitrogen and oxygen atoms in total. The summed E-state index contributed by atoms with van der Waals surface area (Å²) >= 11 is 0. The number of carbonyl (C=O) groups is 2. The summed E-state index contributed by atoms with van der Waals surface area (Å²) in [5.74, 6) is -1.22. The van der Waals surface area contributed by atoms with Crippen molar-refractivity contribution in [3.63, 3.8) is 0 Å². The van der Waals surface area contributed by atoms with Gasteiger partial charge in [0.2, 0.25) is 5.91 Å². The van der Waals surface area contributed by atoms with Gasteiger partial charge in [-0.05, 0) is 109 Å². The molecule has 1 saturated heterocycles. The largest absolute Gasteiger partial charge is 0.454 e. The first-order valence-electron chi connectivity index (χ1n) is 34.5. The van der Waals surface area contributed by atoms with Crippen molar-refractivity contribution in [3.8, 4) is 0 Å². The third-order valence-electron chi connectivity index (χ3n) is 15.7. The van der Waals surface area contributed by atoms with Crippen molar-refractivity contribution in [1.29, 1.82) is 0 Å². The fourth-order valence-electron chi connectivity index (χ4n) is 10.2. The second-order valence-corrected chi connectivity index (χ2v) is 23.6. The first-order valence-corrected chi connectivity index (χ1v) is 34.5. The molecular weight excluding hydrogens is 1050 g/mol. The molecule has 6 N–H and O–H groups in total. The van der Waals surface area contributed by atoms with Crippen LogP contribution < -0.4 is 5.32 Å². The zero-order valence-electron chi connectivity index (χ0n) is 53.7. The number of rotatable bonds is 58. The minimum absolute atomic E-state index is 0.112.